The molecule has 6 nitrogen and oxygen atoms in total. The van der Waals surface area contributed by atoms with Crippen molar-refractivity contribution in [3.8, 4) is 11.5 Å². The van der Waals surface area contributed by atoms with Gasteiger partial charge in [0.1, 0.15) is 6.61 Å². The molecule has 0 bridgehead atoms. The summed E-state index contributed by atoms with van der Waals surface area (Å²) in [7, 11) is 1.58. The molecule has 0 fully saturated rings. The molecule has 1 aromatic carbocycles. The van der Waals surface area contributed by atoms with E-state index in [-0.39, 0.29) is 11.7 Å². The van der Waals surface area contributed by atoms with Crippen molar-refractivity contribution in [1.82, 2.24) is 10.3 Å². The van der Waals surface area contributed by atoms with Gasteiger partial charge in [-0.25, -0.2) is 0 Å². The predicted octanol–water partition coefficient (Wildman–Crippen LogP) is 3.19. The van der Waals surface area contributed by atoms with E-state index < -0.39 is 0 Å². The van der Waals surface area contributed by atoms with Gasteiger partial charge in [-0.15, -0.1) is 0 Å². The van der Waals surface area contributed by atoms with Crippen LogP contribution in [0.5, 0.6) is 11.5 Å². The number of rotatable bonds is 7. The fourth-order valence-electron chi connectivity index (χ4n) is 2.26. The number of nitrogens with one attached hydrogen (secondary N) is 1. The number of amides is 1. The molecule has 0 aliphatic carbocycles. The molecule has 128 valence electrons. The van der Waals surface area contributed by atoms with Crippen molar-refractivity contribution in [3.05, 3.63) is 78.0 Å². The number of pyridine rings is 1. The lowest BCUT2D eigenvalue weighted by molar-refractivity contribution is 0.0923. The SMILES string of the molecule is COc1cc(CNC(=O)c2ccco2)ccc1OCc1ccncc1. The highest BCUT2D eigenvalue weighted by Crippen LogP contribution is 2.28. The lowest BCUT2D eigenvalue weighted by Crippen LogP contribution is -2.22. The molecule has 0 aliphatic heterocycles. The fourth-order valence-corrected chi connectivity index (χ4v) is 2.26. The van der Waals surface area contributed by atoms with Gasteiger partial charge < -0.3 is 19.2 Å². The summed E-state index contributed by atoms with van der Waals surface area (Å²) in [6, 6.07) is 12.6. The van der Waals surface area contributed by atoms with E-state index in [1.54, 1.807) is 31.6 Å². The highest BCUT2D eigenvalue weighted by atomic mass is 16.5. The van der Waals surface area contributed by atoms with E-state index in [9.17, 15) is 4.79 Å². The second-order valence-corrected chi connectivity index (χ2v) is 5.29. The van der Waals surface area contributed by atoms with E-state index in [0.29, 0.717) is 24.7 Å². The molecule has 3 rings (SSSR count). The summed E-state index contributed by atoms with van der Waals surface area (Å²) >= 11 is 0. The van der Waals surface area contributed by atoms with Crippen LogP contribution in [0.15, 0.2) is 65.5 Å². The van der Waals surface area contributed by atoms with Crippen molar-refractivity contribution in [1.29, 1.82) is 0 Å². The van der Waals surface area contributed by atoms with Gasteiger partial charge in [0.25, 0.3) is 5.91 Å². The average molecular weight is 338 g/mol. The Bertz CT molecular complexity index is 817. The Morgan fingerprint density at radius 1 is 1.12 bits per heavy atom. The number of carbonyl (C=O) groups excluding carboxylic acids is 1. The van der Waals surface area contributed by atoms with Crippen LogP contribution in [0.25, 0.3) is 0 Å². The third-order valence-electron chi connectivity index (χ3n) is 3.57. The highest BCUT2D eigenvalue weighted by Gasteiger charge is 2.10. The smallest absolute Gasteiger partial charge is 0.287 e. The molecule has 0 unspecified atom stereocenters. The zero-order valence-electron chi connectivity index (χ0n) is 13.8. The van der Waals surface area contributed by atoms with Crippen LogP contribution in [0.4, 0.5) is 0 Å². The van der Waals surface area contributed by atoms with Gasteiger partial charge in [0.15, 0.2) is 17.3 Å². The van der Waals surface area contributed by atoms with Gasteiger partial charge in [-0.2, -0.15) is 0 Å². The highest BCUT2D eigenvalue weighted by molar-refractivity contribution is 5.91. The predicted molar refractivity (Wildman–Crippen MR) is 91.4 cm³/mol. The number of carbonyl (C=O) groups is 1. The van der Waals surface area contributed by atoms with Crippen molar-refractivity contribution >= 4 is 5.91 Å². The second kappa shape index (κ2) is 8.01. The van der Waals surface area contributed by atoms with Gasteiger partial charge in [0, 0.05) is 18.9 Å². The lowest BCUT2D eigenvalue weighted by atomic mass is 10.2. The van der Waals surface area contributed by atoms with Gasteiger partial charge in [-0.3, -0.25) is 9.78 Å². The van der Waals surface area contributed by atoms with Gasteiger partial charge in [0.05, 0.1) is 13.4 Å². The van der Waals surface area contributed by atoms with E-state index in [4.69, 9.17) is 13.9 Å². The number of furan rings is 1. The van der Waals surface area contributed by atoms with Crippen molar-refractivity contribution in [2.75, 3.05) is 7.11 Å². The second-order valence-electron chi connectivity index (χ2n) is 5.29. The van der Waals surface area contributed by atoms with E-state index in [1.807, 2.05) is 30.3 Å². The van der Waals surface area contributed by atoms with E-state index in [2.05, 4.69) is 10.3 Å². The molecule has 6 heteroatoms. The first-order valence-electron chi connectivity index (χ1n) is 7.76. The van der Waals surface area contributed by atoms with Crippen LogP contribution in [0.1, 0.15) is 21.7 Å². The lowest BCUT2D eigenvalue weighted by Gasteiger charge is -2.12. The molecule has 1 amide bonds. The minimum atomic E-state index is -0.262. The molecule has 1 N–H and O–H groups in total. The molecule has 0 spiro atoms. The summed E-state index contributed by atoms with van der Waals surface area (Å²) < 4.78 is 16.2. The summed E-state index contributed by atoms with van der Waals surface area (Å²) in [5.41, 5.74) is 1.92. The quantitative estimate of drug-likeness (QED) is 0.716. The van der Waals surface area contributed by atoms with Crippen molar-refractivity contribution in [2.45, 2.75) is 13.2 Å². The summed E-state index contributed by atoms with van der Waals surface area (Å²) in [5.74, 6) is 1.27. The molecule has 25 heavy (non-hydrogen) atoms. The first kappa shape index (κ1) is 16.6. The van der Waals surface area contributed by atoms with Crippen molar-refractivity contribution in [3.63, 3.8) is 0 Å². The Labute approximate surface area is 145 Å². The largest absolute Gasteiger partial charge is 0.493 e. The fraction of sp³-hybridized carbons (Fsp3) is 0.158. The normalized spacial score (nSPS) is 10.3. The van der Waals surface area contributed by atoms with Crippen LogP contribution >= 0.6 is 0 Å². The Balaban J connectivity index is 1.62. The topological polar surface area (TPSA) is 73.6 Å². The minimum absolute atomic E-state index is 0.262. The molecule has 0 saturated heterocycles. The van der Waals surface area contributed by atoms with Gasteiger partial charge in [-0.1, -0.05) is 6.07 Å². The Kier molecular flexibility index (Phi) is 5.31. The monoisotopic (exact) mass is 338 g/mol. The number of aromatic nitrogens is 1. The molecule has 0 atom stereocenters. The first-order valence-corrected chi connectivity index (χ1v) is 7.76. The number of nitrogens with zero attached hydrogens (tertiary/aromatic N) is 1. The summed E-state index contributed by atoms with van der Waals surface area (Å²) in [5, 5.41) is 2.79. The Morgan fingerprint density at radius 2 is 1.96 bits per heavy atom. The van der Waals surface area contributed by atoms with Crippen LogP contribution in [0, 0.1) is 0 Å². The number of hydrogen-bond acceptors (Lipinski definition) is 5. The van der Waals surface area contributed by atoms with Crippen molar-refractivity contribution in [2.24, 2.45) is 0 Å². The number of benzene rings is 1. The molecule has 2 heterocycles. The summed E-state index contributed by atoms with van der Waals surface area (Å²) in [6.07, 6.45) is 4.91. The zero-order chi connectivity index (χ0) is 17.5. The summed E-state index contributed by atoms with van der Waals surface area (Å²) in [4.78, 5) is 15.9. The number of ether oxygens (including phenoxy) is 2. The summed E-state index contributed by atoms with van der Waals surface area (Å²) in [6.45, 7) is 0.786. The third-order valence-corrected chi connectivity index (χ3v) is 3.57. The standard InChI is InChI=1S/C19H18N2O4/c1-23-18-11-15(12-21-19(22)17-3-2-10-24-17)4-5-16(18)25-13-14-6-8-20-9-7-14/h2-11H,12-13H2,1H3,(H,21,22). The molecular formula is C19H18N2O4. The first-order chi connectivity index (χ1) is 12.3. The van der Waals surface area contributed by atoms with Crippen LogP contribution in [0.2, 0.25) is 0 Å². The van der Waals surface area contributed by atoms with Crippen LogP contribution < -0.4 is 14.8 Å². The van der Waals surface area contributed by atoms with E-state index in [1.165, 1.54) is 6.26 Å². The molecule has 3 aromatic rings. The molecule has 0 aliphatic rings. The van der Waals surface area contributed by atoms with Gasteiger partial charge in [-0.05, 0) is 47.5 Å². The maximum absolute atomic E-state index is 11.9. The van der Waals surface area contributed by atoms with E-state index in [0.717, 1.165) is 11.1 Å². The molecule has 2 aromatic heterocycles. The van der Waals surface area contributed by atoms with E-state index >= 15 is 0 Å². The Morgan fingerprint density at radius 3 is 2.68 bits per heavy atom. The Hall–Kier alpha value is -3.28. The molecular weight excluding hydrogens is 320 g/mol. The van der Waals surface area contributed by atoms with Gasteiger partial charge in [0.2, 0.25) is 0 Å². The van der Waals surface area contributed by atoms with Crippen LogP contribution in [0.3, 0.4) is 0 Å². The number of hydrogen-bond donors (Lipinski definition) is 1. The number of methoxy groups -OCH3 is 1. The zero-order valence-corrected chi connectivity index (χ0v) is 13.8. The third kappa shape index (κ3) is 4.38. The maximum atomic E-state index is 11.9. The minimum Gasteiger partial charge on any atom is -0.493 e. The van der Waals surface area contributed by atoms with Crippen LogP contribution in [-0.2, 0) is 13.2 Å². The molecule has 0 saturated carbocycles. The van der Waals surface area contributed by atoms with Crippen LogP contribution in [-0.4, -0.2) is 18.0 Å². The van der Waals surface area contributed by atoms with Crippen molar-refractivity contribution < 1.29 is 18.7 Å². The maximum Gasteiger partial charge on any atom is 0.287 e. The van der Waals surface area contributed by atoms with Gasteiger partial charge >= 0.3 is 0 Å². The molecule has 0 radical (unpaired) electrons. The average Bonchev–Trinajstić information content (AvgIpc) is 3.20.